The van der Waals surface area contributed by atoms with Gasteiger partial charge in [0, 0.05) is 11.8 Å². The monoisotopic (exact) mass is 124 g/mol. The molecule has 0 spiro atoms. The predicted molar refractivity (Wildman–Crippen MR) is 37.2 cm³/mol. The summed E-state index contributed by atoms with van der Waals surface area (Å²) in [7, 11) is 0. The van der Waals surface area contributed by atoms with E-state index in [0.717, 1.165) is 19.3 Å². The van der Waals surface area contributed by atoms with Crippen LogP contribution in [0.5, 0.6) is 0 Å². The molecule has 1 heteroatoms. The summed E-state index contributed by atoms with van der Waals surface area (Å²) < 4.78 is 0. The van der Waals surface area contributed by atoms with Gasteiger partial charge in [-0.25, -0.2) is 0 Å². The van der Waals surface area contributed by atoms with E-state index < -0.39 is 0 Å². The van der Waals surface area contributed by atoms with Crippen molar-refractivity contribution in [2.75, 3.05) is 0 Å². The Labute approximate surface area is 55.8 Å². The van der Waals surface area contributed by atoms with Gasteiger partial charge in [-0.15, -0.1) is 6.58 Å². The van der Waals surface area contributed by atoms with Gasteiger partial charge in [0.2, 0.25) is 0 Å². The highest BCUT2D eigenvalue weighted by Gasteiger charge is 2.33. The number of carbonyl (C=O) groups is 1. The number of Topliss-reactive ketones (excluding diaryl/α,β-unsaturated/α-hetero) is 1. The van der Waals surface area contributed by atoms with Crippen molar-refractivity contribution < 1.29 is 4.79 Å². The second kappa shape index (κ2) is 1.98. The maximum atomic E-state index is 11.1. The van der Waals surface area contributed by atoms with Gasteiger partial charge in [0.1, 0.15) is 5.78 Å². The van der Waals surface area contributed by atoms with Crippen LogP contribution in [0.25, 0.3) is 0 Å². The second-order valence-electron chi connectivity index (χ2n) is 2.90. The summed E-state index contributed by atoms with van der Waals surface area (Å²) >= 11 is 0. The summed E-state index contributed by atoms with van der Waals surface area (Å²) in [6, 6.07) is 0. The van der Waals surface area contributed by atoms with Gasteiger partial charge in [-0.1, -0.05) is 6.08 Å². The van der Waals surface area contributed by atoms with Crippen LogP contribution in [0.3, 0.4) is 0 Å². The lowest BCUT2D eigenvalue weighted by atomic mass is 9.88. The van der Waals surface area contributed by atoms with E-state index in [4.69, 9.17) is 0 Å². The molecule has 1 saturated carbocycles. The number of allylic oxidation sites excluding steroid dienone is 1. The Bertz CT molecular complexity index is 149. The zero-order valence-electron chi connectivity index (χ0n) is 5.81. The van der Waals surface area contributed by atoms with Crippen molar-refractivity contribution in [1.29, 1.82) is 0 Å². The molecule has 0 saturated heterocycles. The molecule has 0 bridgehead atoms. The minimum absolute atomic E-state index is 0.181. The number of hydrogen-bond donors (Lipinski definition) is 0. The molecule has 0 aromatic heterocycles. The van der Waals surface area contributed by atoms with Crippen molar-refractivity contribution in [1.82, 2.24) is 0 Å². The van der Waals surface area contributed by atoms with E-state index in [9.17, 15) is 4.79 Å². The lowest BCUT2D eigenvalue weighted by Gasteiger charge is -2.14. The first-order chi connectivity index (χ1) is 4.19. The van der Waals surface area contributed by atoms with Crippen LogP contribution in [-0.4, -0.2) is 5.78 Å². The largest absolute Gasteiger partial charge is 0.299 e. The molecule has 1 fully saturated rings. The lowest BCUT2D eigenvalue weighted by molar-refractivity contribution is -0.122. The molecule has 1 aliphatic rings. The number of rotatable bonds is 1. The molecule has 0 amide bonds. The summed E-state index contributed by atoms with van der Waals surface area (Å²) in [6.45, 7) is 5.61. The summed E-state index contributed by atoms with van der Waals surface area (Å²) in [5.41, 5.74) is -0.181. The van der Waals surface area contributed by atoms with Crippen LogP contribution in [0.2, 0.25) is 0 Å². The fraction of sp³-hybridized carbons (Fsp3) is 0.625. The average molecular weight is 124 g/mol. The third kappa shape index (κ3) is 0.913. The SMILES string of the molecule is C=C[C@@]1(C)CCCC1=O. The highest BCUT2D eigenvalue weighted by atomic mass is 16.1. The van der Waals surface area contributed by atoms with Gasteiger partial charge in [0.25, 0.3) is 0 Å². The van der Waals surface area contributed by atoms with Crippen molar-refractivity contribution in [2.24, 2.45) is 5.41 Å². The number of hydrogen-bond acceptors (Lipinski definition) is 1. The quantitative estimate of drug-likeness (QED) is 0.488. The standard InChI is InChI=1S/C8H12O/c1-3-8(2)6-4-5-7(8)9/h3H,1,4-6H2,2H3/t8-/m0/s1. The van der Waals surface area contributed by atoms with E-state index in [2.05, 4.69) is 6.58 Å². The summed E-state index contributed by atoms with van der Waals surface area (Å²) in [6.07, 6.45) is 4.57. The fourth-order valence-corrected chi connectivity index (χ4v) is 1.26. The minimum Gasteiger partial charge on any atom is -0.299 e. The molecule has 0 heterocycles. The Hall–Kier alpha value is -0.590. The van der Waals surface area contributed by atoms with E-state index in [1.807, 2.05) is 6.92 Å². The Morgan fingerprint density at radius 1 is 1.78 bits per heavy atom. The van der Waals surface area contributed by atoms with E-state index in [1.165, 1.54) is 0 Å². The van der Waals surface area contributed by atoms with Crippen LogP contribution in [0.15, 0.2) is 12.7 Å². The summed E-state index contributed by atoms with van der Waals surface area (Å²) in [5.74, 6) is 0.359. The smallest absolute Gasteiger partial charge is 0.142 e. The van der Waals surface area contributed by atoms with Crippen molar-refractivity contribution >= 4 is 5.78 Å². The molecular formula is C8H12O. The second-order valence-corrected chi connectivity index (χ2v) is 2.90. The Kier molecular flexibility index (Phi) is 1.43. The Morgan fingerprint density at radius 2 is 2.44 bits per heavy atom. The van der Waals surface area contributed by atoms with Gasteiger partial charge in [0.15, 0.2) is 0 Å². The fourth-order valence-electron chi connectivity index (χ4n) is 1.26. The normalized spacial score (nSPS) is 35.0. The van der Waals surface area contributed by atoms with Crippen LogP contribution in [0.1, 0.15) is 26.2 Å². The molecule has 9 heavy (non-hydrogen) atoms. The summed E-state index contributed by atoms with van der Waals surface area (Å²) in [5, 5.41) is 0. The Morgan fingerprint density at radius 3 is 2.67 bits per heavy atom. The van der Waals surface area contributed by atoms with Gasteiger partial charge in [-0.05, 0) is 19.8 Å². The molecule has 0 aromatic rings. The third-order valence-corrected chi connectivity index (χ3v) is 2.19. The van der Waals surface area contributed by atoms with Gasteiger partial charge in [-0.3, -0.25) is 4.79 Å². The highest BCUT2D eigenvalue weighted by Crippen LogP contribution is 2.34. The summed E-state index contributed by atoms with van der Waals surface area (Å²) in [4.78, 5) is 11.1. The maximum Gasteiger partial charge on any atom is 0.142 e. The van der Waals surface area contributed by atoms with E-state index in [1.54, 1.807) is 6.08 Å². The molecule has 1 atom stereocenters. The van der Waals surface area contributed by atoms with Gasteiger partial charge in [-0.2, -0.15) is 0 Å². The van der Waals surface area contributed by atoms with Crippen LogP contribution < -0.4 is 0 Å². The number of ketones is 1. The first-order valence-electron chi connectivity index (χ1n) is 3.36. The zero-order chi connectivity index (χ0) is 6.91. The third-order valence-electron chi connectivity index (χ3n) is 2.19. The molecule has 1 aliphatic carbocycles. The average Bonchev–Trinajstić information content (AvgIpc) is 2.15. The van der Waals surface area contributed by atoms with Crippen LogP contribution in [-0.2, 0) is 4.79 Å². The van der Waals surface area contributed by atoms with Crippen LogP contribution in [0, 0.1) is 5.41 Å². The van der Waals surface area contributed by atoms with E-state index >= 15 is 0 Å². The highest BCUT2D eigenvalue weighted by molar-refractivity contribution is 5.88. The van der Waals surface area contributed by atoms with Crippen molar-refractivity contribution in [3.05, 3.63) is 12.7 Å². The minimum atomic E-state index is -0.181. The molecule has 0 aliphatic heterocycles. The van der Waals surface area contributed by atoms with E-state index in [-0.39, 0.29) is 5.41 Å². The predicted octanol–water partition coefficient (Wildman–Crippen LogP) is 1.93. The molecule has 1 nitrogen and oxygen atoms in total. The molecular weight excluding hydrogens is 112 g/mol. The van der Waals surface area contributed by atoms with Crippen LogP contribution >= 0.6 is 0 Å². The first kappa shape index (κ1) is 6.53. The molecule has 0 N–H and O–H groups in total. The molecule has 0 radical (unpaired) electrons. The van der Waals surface area contributed by atoms with Crippen molar-refractivity contribution in [3.8, 4) is 0 Å². The molecule has 1 rings (SSSR count). The van der Waals surface area contributed by atoms with Crippen LogP contribution in [0.4, 0.5) is 0 Å². The van der Waals surface area contributed by atoms with Gasteiger partial charge >= 0.3 is 0 Å². The first-order valence-corrected chi connectivity index (χ1v) is 3.36. The Balaban J connectivity index is 2.78. The van der Waals surface area contributed by atoms with E-state index in [0.29, 0.717) is 5.78 Å². The molecule has 0 aromatic carbocycles. The number of carbonyl (C=O) groups excluding carboxylic acids is 1. The van der Waals surface area contributed by atoms with Gasteiger partial charge < -0.3 is 0 Å². The maximum absolute atomic E-state index is 11.1. The molecule has 50 valence electrons. The molecule has 0 unspecified atom stereocenters. The van der Waals surface area contributed by atoms with Crippen molar-refractivity contribution in [3.63, 3.8) is 0 Å². The topological polar surface area (TPSA) is 17.1 Å². The van der Waals surface area contributed by atoms with Gasteiger partial charge in [0.05, 0.1) is 0 Å². The zero-order valence-corrected chi connectivity index (χ0v) is 5.81. The lowest BCUT2D eigenvalue weighted by Crippen LogP contribution is -2.17. The van der Waals surface area contributed by atoms with Crippen molar-refractivity contribution in [2.45, 2.75) is 26.2 Å².